The molecule has 4 aromatic rings. The highest BCUT2D eigenvalue weighted by atomic mass is 32.2. The van der Waals surface area contributed by atoms with Gasteiger partial charge in [0.1, 0.15) is 12.4 Å². The smallest absolute Gasteiger partial charge is 0.189 e. The molecule has 0 radical (unpaired) electrons. The van der Waals surface area contributed by atoms with Crippen LogP contribution in [0.2, 0.25) is 0 Å². The van der Waals surface area contributed by atoms with E-state index in [0.717, 1.165) is 11.1 Å². The summed E-state index contributed by atoms with van der Waals surface area (Å²) in [4.78, 5) is 9.10. The molecule has 0 spiro atoms. The molecule has 3 N–H and O–H groups in total. The van der Waals surface area contributed by atoms with Gasteiger partial charge in [-0.3, -0.25) is 0 Å². The highest BCUT2D eigenvalue weighted by molar-refractivity contribution is 7.92. The van der Waals surface area contributed by atoms with Crippen molar-refractivity contribution >= 4 is 15.7 Å². The largest absolute Gasteiger partial charge is 0.382 e. The van der Waals surface area contributed by atoms with E-state index in [9.17, 15) is 12.8 Å². The highest BCUT2D eigenvalue weighted by Gasteiger charge is 2.20. The number of nitrogens with one attached hydrogen (secondary N) is 1. The molecule has 0 aliphatic carbocycles. The Morgan fingerprint density at radius 1 is 1.00 bits per heavy atom. The number of hydrogen-bond acceptors (Lipinski definition) is 8. The van der Waals surface area contributed by atoms with Gasteiger partial charge in [-0.1, -0.05) is 41.6 Å². The summed E-state index contributed by atoms with van der Waals surface area (Å²) in [7, 11) is -3.37. The number of benzene rings is 2. The zero-order valence-electron chi connectivity index (χ0n) is 20.3. The summed E-state index contributed by atoms with van der Waals surface area (Å²) in [6.45, 7) is 5.24. The normalized spacial score (nSPS) is 12.7. The van der Waals surface area contributed by atoms with E-state index in [4.69, 9.17) is 10.3 Å². The maximum absolute atomic E-state index is 12.6. The minimum atomic E-state index is -3.37. The second kappa shape index (κ2) is 10.5. The maximum Gasteiger partial charge on any atom is 0.189 e. The molecule has 188 valence electrons. The lowest BCUT2D eigenvalue weighted by Gasteiger charge is -2.09. The van der Waals surface area contributed by atoms with Crippen LogP contribution in [-0.2, 0) is 16.4 Å². The van der Waals surface area contributed by atoms with Crippen LogP contribution in [0.15, 0.2) is 70.2 Å². The van der Waals surface area contributed by atoms with Crippen LogP contribution in [0.4, 0.5) is 10.2 Å². The monoisotopic (exact) mass is 509 g/mol. The van der Waals surface area contributed by atoms with Gasteiger partial charge < -0.3 is 15.6 Å². The van der Waals surface area contributed by atoms with Crippen molar-refractivity contribution in [1.82, 2.24) is 20.4 Å². The van der Waals surface area contributed by atoms with E-state index in [-0.39, 0.29) is 16.8 Å². The molecule has 0 aliphatic heterocycles. The summed E-state index contributed by atoms with van der Waals surface area (Å²) in [5, 5.41) is 6.74. The fourth-order valence-electron chi connectivity index (χ4n) is 3.47. The standard InChI is InChI=1S/C26H28FN5O3S/c1-16(2)36(33,34)21-10-8-20(9-11-21)23-15-30-26(28)25(31-23)24-12-22(32-35-24)19-6-4-18(5-7-19)14-29-17(3)13-27/h4-12,15-17,29H,13-14H2,1-3H3,(H2,28,30). The molecule has 1 unspecified atom stereocenters. The molecule has 4 rings (SSSR count). The molecule has 8 nitrogen and oxygen atoms in total. The van der Waals surface area contributed by atoms with Crippen LogP contribution in [0.3, 0.4) is 0 Å². The van der Waals surface area contributed by atoms with Gasteiger partial charge >= 0.3 is 0 Å². The lowest BCUT2D eigenvalue weighted by Crippen LogP contribution is -2.27. The van der Waals surface area contributed by atoms with Crippen LogP contribution in [-0.4, -0.2) is 41.5 Å². The SMILES string of the molecule is CC(CF)NCc1ccc(-c2cc(-c3nc(-c4ccc(S(=O)(=O)C(C)C)cc4)cnc3N)on2)cc1. The average molecular weight is 510 g/mol. The number of nitrogens with zero attached hydrogens (tertiary/aromatic N) is 3. The fraction of sp³-hybridized carbons (Fsp3) is 0.269. The average Bonchev–Trinajstić information content (AvgIpc) is 3.38. The van der Waals surface area contributed by atoms with E-state index in [1.807, 2.05) is 24.3 Å². The van der Waals surface area contributed by atoms with Gasteiger partial charge in [0.2, 0.25) is 0 Å². The third kappa shape index (κ3) is 5.44. The van der Waals surface area contributed by atoms with Gasteiger partial charge in [0.15, 0.2) is 27.1 Å². The molecule has 0 amide bonds. The number of rotatable bonds is 9. The number of hydrogen-bond donors (Lipinski definition) is 2. The van der Waals surface area contributed by atoms with Crippen molar-refractivity contribution in [3.05, 3.63) is 66.4 Å². The Bertz CT molecular complexity index is 1440. The first-order valence-corrected chi connectivity index (χ1v) is 13.1. The van der Waals surface area contributed by atoms with Gasteiger partial charge in [0, 0.05) is 29.8 Å². The van der Waals surface area contributed by atoms with Crippen molar-refractivity contribution in [2.75, 3.05) is 12.4 Å². The molecule has 36 heavy (non-hydrogen) atoms. The van der Waals surface area contributed by atoms with Crippen LogP contribution in [0.1, 0.15) is 26.3 Å². The first-order chi connectivity index (χ1) is 17.2. The quantitative estimate of drug-likeness (QED) is 0.333. The Balaban J connectivity index is 1.56. The predicted molar refractivity (Wildman–Crippen MR) is 137 cm³/mol. The summed E-state index contributed by atoms with van der Waals surface area (Å²) < 4.78 is 42.9. The number of anilines is 1. The molecular weight excluding hydrogens is 481 g/mol. The molecule has 10 heteroatoms. The van der Waals surface area contributed by atoms with Crippen molar-refractivity contribution in [2.24, 2.45) is 0 Å². The van der Waals surface area contributed by atoms with Crippen LogP contribution >= 0.6 is 0 Å². The van der Waals surface area contributed by atoms with E-state index < -0.39 is 21.8 Å². The van der Waals surface area contributed by atoms with E-state index in [2.05, 4.69) is 20.4 Å². The molecule has 0 bridgehead atoms. The number of alkyl halides is 1. The minimum Gasteiger partial charge on any atom is -0.382 e. The van der Waals surface area contributed by atoms with Gasteiger partial charge in [-0.25, -0.2) is 22.8 Å². The number of nitrogen functional groups attached to an aromatic ring is 1. The predicted octanol–water partition coefficient (Wildman–Crippen LogP) is 4.68. The summed E-state index contributed by atoms with van der Waals surface area (Å²) in [5.41, 5.74) is 10.1. The Kier molecular flexibility index (Phi) is 7.46. The third-order valence-corrected chi connectivity index (χ3v) is 7.95. The lowest BCUT2D eigenvalue weighted by atomic mass is 10.1. The van der Waals surface area contributed by atoms with Gasteiger partial charge in [0.25, 0.3) is 0 Å². The van der Waals surface area contributed by atoms with Crippen molar-refractivity contribution in [2.45, 2.75) is 43.5 Å². The van der Waals surface area contributed by atoms with Crippen molar-refractivity contribution < 1.29 is 17.3 Å². The van der Waals surface area contributed by atoms with E-state index >= 15 is 0 Å². The molecule has 2 aromatic heterocycles. The lowest BCUT2D eigenvalue weighted by molar-refractivity contribution is 0.391. The molecule has 0 saturated carbocycles. The Morgan fingerprint density at radius 3 is 2.28 bits per heavy atom. The molecule has 2 aromatic carbocycles. The Hall–Kier alpha value is -3.63. The molecule has 1 atom stereocenters. The van der Waals surface area contributed by atoms with Crippen molar-refractivity contribution in [3.63, 3.8) is 0 Å². The summed E-state index contributed by atoms with van der Waals surface area (Å²) >= 11 is 0. The topological polar surface area (TPSA) is 124 Å². The molecule has 2 heterocycles. The van der Waals surface area contributed by atoms with E-state index in [0.29, 0.717) is 35.0 Å². The van der Waals surface area contributed by atoms with Crippen LogP contribution in [0.25, 0.3) is 34.0 Å². The molecule has 0 fully saturated rings. The highest BCUT2D eigenvalue weighted by Crippen LogP contribution is 2.30. The second-order valence-corrected chi connectivity index (χ2v) is 11.3. The van der Waals surface area contributed by atoms with Gasteiger partial charge in [-0.2, -0.15) is 0 Å². The van der Waals surface area contributed by atoms with Crippen LogP contribution in [0, 0.1) is 0 Å². The Morgan fingerprint density at radius 2 is 1.64 bits per heavy atom. The van der Waals surface area contributed by atoms with Crippen LogP contribution in [0.5, 0.6) is 0 Å². The van der Waals surface area contributed by atoms with Gasteiger partial charge in [0.05, 0.1) is 22.0 Å². The second-order valence-electron chi connectivity index (χ2n) is 8.82. The zero-order valence-corrected chi connectivity index (χ0v) is 21.1. The molecule has 0 saturated heterocycles. The van der Waals surface area contributed by atoms with Crippen molar-refractivity contribution in [3.8, 4) is 34.0 Å². The summed E-state index contributed by atoms with van der Waals surface area (Å²) in [6, 6.07) is 15.8. The summed E-state index contributed by atoms with van der Waals surface area (Å²) in [5.74, 6) is 0.544. The zero-order chi connectivity index (χ0) is 25.9. The first-order valence-electron chi connectivity index (χ1n) is 11.5. The first kappa shape index (κ1) is 25.5. The number of aromatic nitrogens is 3. The maximum atomic E-state index is 12.6. The number of nitrogens with two attached hydrogens (primary N) is 1. The Labute approximate surface area is 209 Å². The minimum absolute atomic E-state index is 0.184. The fourth-order valence-corrected chi connectivity index (χ4v) is 4.53. The molecule has 0 aliphatic rings. The summed E-state index contributed by atoms with van der Waals surface area (Å²) in [6.07, 6.45) is 1.53. The van der Waals surface area contributed by atoms with E-state index in [1.165, 1.54) is 6.20 Å². The van der Waals surface area contributed by atoms with Crippen molar-refractivity contribution in [1.29, 1.82) is 0 Å². The van der Waals surface area contributed by atoms with Gasteiger partial charge in [-0.05, 0) is 38.5 Å². The van der Waals surface area contributed by atoms with Gasteiger partial charge in [-0.15, -0.1) is 0 Å². The molecular formula is C26H28FN5O3S. The number of halogens is 1. The number of sulfone groups is 1. The third-order valence-electron chi connectivity index (χ3n) is 5.78. The van der Waals surface area contributed by atoms with Crippen LogP contribution < -0.4 is 11.1 Å². The van der Waals surface area contributed by atoms with E-state index in [1.54, 1.807) is 51.1 Å².